The summed E-state index contributed by atoms with van der Waals surface area (Å²) in [5.74, 6) is 0.365. The highest BCUT2D eigenvalue weighted by molar-refractivity contribution is 5.92. The van der Waals surface area contributed by atoms with Crippen molar-refractivity contribution in [2.24, 2.45) is 0 Å². The molecule has 0 aliphatic carbocycles. The molecule has 1 aromatic rings. The highest BCUT2D eigenvalue weighted by Gasteiger charge is 2.17. The first kappa shape index (κ1) is 19.0. The molecular formula is C17H27N3O3. The van der Waals surface area contributed by atoms with Crippen molar-refractivity contribution in [2.45, 2.75) is 19.4 Å². The summed E-state index contributed by atoms with van der Waals surface area (Å²) in [6, 6.07) is 5.38. The number of nitrogens with zero attached hydrogens (tertiary/aromatic N) is 1. The third-order valence-electron chi connectivity index (χ3n) is 3.11. The number of carbonyl (C=O) groups is 1. The number of ether oxygens (including phenoxy) is 1. The van der Waals surface area contributed by atoms with E-state index in [0.717, 1.165) is 12.1 Å². The summed E-state index contributed by atoms with van der Waals surface area (Å²) in [6.45, 7) is 4.73. The number of aliphatic hydroxyl groups is 1. The fourth-order valence-electron chi connectivity index (χ4n) is 1.73. The number of hydrogen-bond donors (Lipinski definition) is 3. The number of amides is 1. The quantitative estimate of drug-likeness (QED) is 0.493. The van der Waals surface area contributed by atoms with E-state index >= 15 is 0 Å². The molecule has 4 N–H and O–H groups in total. The van der Waals surface area contributed by atoms with Crippen molar-refractivity contribution in [3.63, 3.8) is 0 Å². The van der Waals surface area contributed by atoms with Crippen molar-refractivity contribution in [2.75, 3.05) is 39.6 Å². The topological polar surface area (TPSA) is 87.8 Å². The Morgan fingerprint density at radius 1 is 1.43 bits per heavy atom. The summed E-state index contributed by atoms with van der Waals surface area (Å²) < 4.78 is 5.61. The van der Waals surface area contributed by atoms with Crippen LogP contribution in [0.1, 0.15) is 19.4 Å². The number of likely N-dealkylation sites (N-methyl/N-ethyl adjacent to an activating group) is 1. The lowest BCUT2D eigenvalue weighted by Crippen LogP contribution is -2.45. The van der Waals surface area contributed by atoms with Crippen LogP contribution < -0.4 is 15.8 Å². The van der Waals surface area contributed by atoms with Gasteiger partial charge in [0.25, 0.3) is 0 Å². The van der Waals surface area contributed by atoms with Crippen molar-refractivity contribution in [1.29, 1.82) is 0 Å². The van der Waals surface area contributed by atoms with Gasteiger partial charge in [-0.3, -0.25) is 4.79 Å². The molecule has 6 nitrogen and oxygen atoms in total. The SMILES string of the molecule is CN(C)CCOc1ccc(/C=C\C(=O)NC(C)(C)CO)cc1N. The van der Waals surface area contributed by atoms with Crippen molar-refractivity contribution >= 4 is 17.7 Å². The molecule has 0 aliphatic heterocycles. The summed E-state index contributed by atoms with van der Waals surface area (Å²) in [6.07, 6.45) is 3.08. The fourth-order valence-corrected chi connectivity index (χ4v) is 1.73. The molecule has 0 saturated carbocycles. The van der Waals surface area contributed by atoms with E-state index in [9.17, 15) is 4.79 Å². The van der Waals surface area contributed by atoms with Gasteiger partial charge in [0.1, 0.15) is 12.4 Å². The Balaban J connectivity index is 2.63. The lowest BCUT2D eigenvalue weighted by atomic mass is 10.1. The van der Waals surface area contributed by atoms with E-state index in [1.807, 2.05) is 25.1 Å². The molecule has 0 fully saturated rings. The summed E-state index contributed by atoms with van der Waals surface area (Å²) >= 11 is 0. The second-order valence-corrected chi connectivity index (χ2v) is 6.31. The maximum atomic E-state index is 11.8. The minimum Gasteiger partial charge on any atom is -0.490 e. The molecular weight excluding hydrogens is 294 g/mol. The summed E-state index contributed by atoms with van der Waals surface area (Å²) in [4.78, 5) is 13.8. The molecule has 0 spiro atoms. The van der Waals surface area contributed by atoms with E-state index in [0.29, 0.717) is 18.0 Å². The summed E-state index contributed by atoms with van der Waals surface area (Å²) in [7, 11) is 3.95. The van der Waals surface area contributed by atoms with Gasteiger partial charge in [-0.1, -0.05) is 6.07 Å². The van der Waals surface area contributed by atoms with Crippen molar-refractivity contribution in [3.05, 3.63) is 29.8 Å². The Bertz CT molecular complexity index is 554. The van der Waals surface area contributed by atoms with E-state index in [4.69, 9.17) is 15.6 Å². The number of nitrogens with two attached hydrogens (primary N) is 1. The first-order valence-corrected chi connectivity index (χ1v) is 7.51. The number of hydrogen-bond acceptors (Lipinski definition) is 5. The monoisotopic (exact) mass is 321 g/mol. The average molecular weight is 321 g/mol. The van der Waals surface area contributed by atoms with Crippen LogP contribution >= 0.6 is 0 Å². The van der Waals surface area contributed by atoms with Gasteiger partial charge in [-0.05, 0) is 51.7 Å². The summed E-state index contributed by atoms with van der Waals surface area (Å²) in [5.41, 5.74) is 6.65. The molecule has 0 aromatic heterocycles. The number of benzene rings is 1. The zero-order valence-electron chi connectivity index (χ0n) is 14.3. The van der Waals surface area contributed by atoms with E-state index in [2.05, 4.69) is 5.32 Å². The predicted molar refractivity (Wildman–Crippen MR) is 93.2 cm³/mol. The zero-order valence-corrected chi connectivity index (χ0v) is 14.3. The second kappa shape index (κ2) is 8.55. The Hall–Kier alpha value is -2.05. The number of aliphatic hydroxyl groups excluding tert-OH is 1. The highest BCUT2D eigenvalue weighted by Crippen LogP contribution is 2.23. The third kappa shape index (κ3) is 7.17. The van der Waals surface area contributed by atoms with Gasteiger partial charge < -0.3 is 25.8 Å². The molecule has 0 atom stereocenters. The van der Waals surface area contributed by atoms with Gasteiger partial charge in [-0.25, -0.2) is 0 Å². The van der Waals surface area contributed by atoms with Crippen LogP contribution in [0, 0.1) is 0 Å². The molecule has 23 heavy (non-hydrogen) atoms. The maximum absolute atomic E-state index is 11.8. The molecule has 6 heteroatoms. The molecule has 128 valence electrons. The zero-order chi connectivity index (χ0) is 17.5. The summed E-state index contributed by atoms with van der Waals surface area (Å²) in [5, 5.41) is 11.8. The average Bonchev–Trinajstić information content (AvgIpc) is 2.46. The lowest BCUT2D eigenvalue weighted by molar-refractivity contribution is -0.118. The first-order valence-electron chi connectivity index (χ1n) is 7.51. The smallest absolute Gasteiger partial charge is 0.244 e. The molecule has 1 amide bonds. The van der Waals surface area contributed by atoms with Crippen LogP contribution in [0.25, 0.3) is 6.08 Å². The van der Waals surface area contributed by atoms with E-state index in [1.165, 1.54) is 6.08 Å². The molecule has 1 rings (SSSR count). The van der Waals surface area contributed by atoms with Gasteiger partial charge in [-0.15, -0.1) is 0 Å². The number of carbonyl (C=O) groups excluding carboxylic acids is 1. The van der Waals surface area contributed by atoms with Gasteiger partial charge in [0.15, 0.2) is 0 Å². The van der Waals surface area contributed by atoms with Crippen LogP contribution in [0.3, 0.4) is 0 Å². The first-order chi connectivity index (χ1) is 10.7. The highest BCUT2D eigenvalue weighted by atomic mass is 16.5. The van der Waals surface area contributed by atoms with Crippen molar-refractivity contribution in [3.8, 4) is 5.75 Å². The van der Waals surface area contributed by atoms with Crippen LogP contribution in [0.2, 0.25) is 0 Å². The molecule has 0 heterocycles. The Morgan fingerprint density at radius 2 is 2.13 bits per heavy atom. The third-order valence-corrected chi connectivity index (χ3v) is 3.11. The lowest BCUT2D eigenvalue weighted by Gasteiger charge is -2.22. The number of nitrogen functional groups attached to an aromatic ring is 1. The van der Waals surface area contributed by atoms with Gasteiger partial charge in [0.05, 0.1) is 17.8 Å². The van der Waals surface area contributed by atoms with Crippen LogP contribution in [-0.4, -0.2) is 55.3 Å². The van der Waals surface area contributed by atoms with Crippen LogP contribution in [0.4, 0.5) is 5.69 Å². The number of rotatable bonds is 8. The van der Waals surface area contributed by atoms with Gasteiger partial charge in [0.2, 0.25) is 5.91 Å². The van der Waals surface area contributed by atoms with Crippen LogP contribution in [0.5, 0.6) is 5.75 Å². The Morgan fingerprint density at radius 3 is 2.70 bits per heavy atom. The predicted octanol–water partition coefficient (Wildman–Crippen LogP) is 1.11. The van der Waals surface area contributed by atoms with Gasteiger partial charge in [0, 0.05) is 12.6 Å². The molecule has 0 aliphatic rings. The molecule has 0 saturated heterocycles. The normalized spacial score (nSPS) is 11.9. The second-order valence-electron chi connectivity index (χ2n) is 6.31. The molecule has 1 aromatic carbocycles. The van der Waals surface area contributed by atoms with E-state index in [-0.39, 0.29) is 12.5 Å². The molecule has 0 bridgehead atoms. The minimum atomic E-state index is -0.648. The van der Waals surface area contributed by atoms with Crippen molar-refractivity contribution < 1.29 is 14.6 Å². The van der Waals surface area contributed by atoms with E-state index in [1.54, 1.807) is 32.1 Å². The van der Waals surface area contributed by atoms with E-state index < -0.39 is 5.54 Å². The number of nitrogens with one attached hydrogen (secondary N) is 1. The number of anilines is 1. The molecule has 0 radical (unpaired) electrons. The van der Waals surface area contributed by atoms with Crippen molar-refractivity contribution in [1.82, 2.24) is 10.2 Å². The molecule has 0 unspecified atom stereocenters. The van der Waals surface area contributed by atoms with Crippen LogP contribution in [0.15, 0.2) is 24.3 Å². The fraction of sp³-hybridized carbons (Fsp3) is 0.471. The Labute approximate surface area is 137 Å². The van der Waals surface area contributed by atoms with Gasteiger partial charge >= 0.3 is 0 Å². The maximum Gasteiger partial charge on any atom is 0.244 e. The standard InChI is InChI=1S/C17H27N3O3/c1-17(2,12-21)19-16(22)8-6-13-5-7-15(14(18)11-13)23-10-9-20(3)4/h5-8,11,21H,9-10,12,18H2,1-4H3,(H,19,22)/b8-6-. The largest absolute Gasteiger partial charge is 0.490 e. The van der Waals surface area contributed by atoms with Crippen LogP contribution in [-0.2, 0) is 4.79 Å². The Kier molecular flexibility index (Phi) is 7.06. The minimum absolute atomic E-state index is 0.126. The van der Waals surface area contributed by atoms with Gasteiger partial charge in [-0.2, -0.15) is 0 Å².